The van der Waals surface area contributed by atoms with Crippen molar-refractivity contribution in [2.75, 3.05) is 0 Å². The molecular weight excluding hydrogens is 125 g/mol. The largest absolute Gasteiger partial charge is 0.358 e. The van der Waals surface area contributed by atoms with E-state index in [1.54, 1.807) is 0 Å². The molecule has 1 heteroatoms. The fourth-order valence-electron chi connectivity index (χ4n) is 0. The maximum Gasteiger partial charge on any atom is 0 e. The molecule has 0 saturated carbocycles. The van der Waals surface area contributed by atoms with Gasteiger partial charge in [-0.15, -0.1) is 0 Å². The van der Waals surface area contributed by atoms with Crippen molar-refractivity contribution in [3.8, 4) is 0 Å². The molecule has 0 aliphatic heterocycles. The van der Waals surface area contributed by atoms with Crippen LogP contribution in [0.3, 0.4) is 0 Å². The van der Waals surface area contributed by atoms with Crippen LogP contribution in [0.1, 0.15) is 8.27 Å². The molecule has 0 aromatic carbocycles. The van der Waals surface area contributed by atoms with Crippen LogP contribution in [0.15, 0.2) is 0 Å². The molecule has 0 bridgehead atoms. The van der Waals surface area contributed by atoms with Crippen LogP contribution in [0, 0.1) is 14.4 Å². The molecule has 0 fully saturated rings. The number of hydrogen-bond donors (Lipinski definition) is 0. The Balaban J connectivity index is -0.0000000200. The second-order valence-corrected chi connectivity index (χ2v) is 0. The predicted octanol–water partition coefficient (Wildman–Crippen LogP) is 1.29. The third-order valence-electron chi connectivity index (χ3n) is 0. The van der Waals surface area contributed by atoms with E-state index >= 15 is 0 Å². The second-order valence-electron chi connectivity index (χ2n) is 0. The van der Waals surface area contributed by atoms with Crippen LogP contribution in [0.5, 0.6) is 0 Å². The van der Waals surface area contributed by atoms with Gasteiger partial charge < -0.3 is 14.4 Å². The zero-order valence-electron chi connectivity index (χ0n) is 3.99. The van der Waals surface area contributed by atoms with E-state index in [1.807, 2.05) is 0 Å². The van der Waals surface area contributed by atoms with Gasteiger partial charge in [0, 0.05) is 32.7 Å². The average molecular weight is 134 g/mol. The van der Waals surface area contributed by atoms with Gasteiger partial charge in [0.05, 0.1) is 0 Å². The zero-order chi connectivity index (χ0) is 2.71. The smallest absolute Gasteiger partial charge is 0 e. The van der Waals surface area contributed by atoms with Crippen LogP contribution in [0.4, 0.5) is 0 Å². The summed E-state index contributed by atoms with van der Waals surface area (Å²) in [6.45, 7) is 3.40. The molecule has 0 aromatic rings. The Labute approximate surface area is 55.3 Å². The van der Waals surface area contributed by atoms with E-state index < -0.39 is 0 Å². The Bertz CT molecular complexity index is 6.85. The quantitative estimate of drug-likeness (QED) is 0.438. The van der Waals surface area contributed by atoms with E-state index in [2.05, 4.69) is 6.92 Å². The van der Waals surface area contributed by atoms with Gasteiger partial charge in [-0.3, -0.25) is 0 Å². The van der Waals surface area contributed by atoms with Gasteiger partial charge in [0.2, 0.25) is 0 Å². The minimum absolute atomic E-state index is 0. The second kappa shape index (κ2) is 32.4. The van der Waals surface area contributed by atoms with E-state index in [0.29, 0.717) is 0 Å². The van der Waals surface area contributed by atoms with E-state index in [4.69, 9.17) is 1.37 Å². The minimum atomic E-state index is 0. The summed E-state index contributed by atoms with van der Waals surface area (Å²) in [7, 11) is 0. The van der Waals surface area contributed by atoms with E-state index in [0.717, 1.165) is 0 Å². The summed E-state index contributed by atoms with van der Waals surface area (Å²) in [5, 5.41) is 0. The molecule has 0 saturated heterocycles. The summed E-state index contributed by atoms with van der Waals surface area (Å²) >= 11 is 0. The van der Waals surface area contributed by atoms with Gasteiger partial charge in [-0.05, 0) is 1.37 Å². The Morgan fingerprint density at radius 2 is 2.00 bits per heavy atom. The van der Waals surface area contributed by atoms with Crippen LogP contribution >= 0.6 is 0 Å². The fraction of sp³-hybridized carbons (Fsp3) is 0.333. The van der Waals surface area contributed by atoms with Crippen molar-refractivity contribution in [2.45, 2.75) is 6.90 Å². The molecule has 0 amide bonds. The molecule has 0 nitrogen and oxygen atoms in total. The van der Waals surface area contributed by atoms with Gasteiger partial charge >= 0.3 is 0 Å². The molecule has 0 spiro atoms. The molecular formula is C3H8Y-2. The van der Waals surface area contributed by atoms with Gasteiger partial charge in [0.1, 0.15) is 0 Å². The van der Waals surface area contributed by atoms with Crippen molar-refractivity contribution < 1.29 is 34.1 Å². The number of rotatable bonds is 0. The summed E-state index contributed by atoms with van der Waals surface area (Å²) < 4.78 is 6.10. The molecule has 0 rings (SSSR count). The average Bonchev–Trinajstić information content (AvgIpc) is 0.918. The van der Waals surface area contributed by atoms with Gasteiger partial charge in [-0.1, -0.05) is 0 Å². The van der Waals surface area contributed by atoms with Gasteiger partial charge in [-0.2, -0.15) is 6.90 Å². The van der Waals surface area contributed by atoms with Crippen LogP contribution in [-0.2, 0) is 32.7 Å². The van der Waals surface area contributed by atoms with Crippen molar-refractivity contribution in [1.29, 1.82) is 0 Å². The first-order valence-corrected chi connectivity index (χ1v) is 0.500. The summed E-state index contributed by atoms with van der Waals surface area (Å²) in [6, 6.07) is 0. The van der Waals surface area contributed by atoms with Crippen LogP contribution in [-0.4, -0.2) is 0 Å². The predicted molar refractivity (Wildman–Crippen MR) is 17.4 cm³/mol. The maximum absolute atomic E-state index is 6.10. The third-order valence-corrected chi connectivity index (χ3v) is 0. The van der Waals surface area contributed by atoms with Gasteiger partial charge in [0.15, 0.2) is 0 Å². The monoisotopic (exact) mass is 134 g/mol. The van der Waals surface area contributed by atoms with E-state index in [9.17, 15) is 0 Å². The zero-order valence-corrected chi connectivity index (χ0v) is 5.83. The van der Waals surface area contributed by atoms with Crippen LogP contribution < -0.4 is 0 Å². The number of hydrogen-bond acceptors (Lipinski definition) is 0. The first kappa shape index (κ1) is 8.92. The van der Waals surface area contributed by atoms with Crippen LogP contribution in [0.25, 0.3) is 0 Å². The Morgan fingerprint density at radius 1 is 2.00 bits per heavy atom. The summed E-state index contributed by atoms with van der Waals surface area (Å²) in [5.74, 6) is 0. The Hall–Kier alpha value is 1.10. The standard InChI is InChI=1S/C2H5.CH3.Y/c1-2;;/h1H2,2H3;1H3;/q2*-1;/i2D;;. The molecule has 0 atom stereocenters. The van der Waals surface area contributed by atoms with E-state index in [-0.39, 0.29) is 47.0 Å². The summed E-state index contributed by atoms with van der Waals surface area (Å²) in [6.07, 6.45) is 0. The van der Waals surface area contributed by atoms with Crippen molar-refractivity contribution in [1.82, 2.24) is 0 Å². The van der Waals surface area contributed by atoms with Crippen molar-refractivity contribution in [3.05, 3.63) is 14.4 Å². The summed E-state index contributed by atoms with van der Waals surface area (Å²) in [4.78, 5) is 0. The van der Waals surface area contributed by atoms with Gasteiger partial charge in [-0.25, -0.2) is 0 Å². The first-order valence-electron chi connectivity index (χ1n) is 1.21. The van der Waals surface area contributed by atoms with Crippen molar-refractivity contribution >= 4 is 0 Å². The summed E-state index contributed by atoms with van der Waals surface area (Å²) in [5.41, 5.74) is 0. The molecule has 0 unspecified atom stereocenters. The molecule has 0 heterocycles. The molecule has 0 aliphatic carbocycles. The first-order chi connectivity index (χ1) is 1.41. The fourth-order valence-corrected chi connectivity index (χ4v) is 0. The Kier molecular flexibility index (Phi) is 72.4. The SMILES string of the molecule is [2H]C[CH2-].[CH3-].[Y]. The molecule has 1 radical (unpaired) electrons. The van der Waals surface area contributed by atoms with Crippen molar-refractivity contribution in [2.24, 2.45) is 0 Å². The Morgan fingerprint density at radius 3 is 2.00 bits per heavy atom. The normalized spacial score (nSPS) is 4.75. The molecule has 0 aliphatic rings. The van der Waals surface area contributed by atoms with Crippen LogP contribution in [0.2, 0.25) is 0 Å². The van der Waals surface area contributed by atoms with Crippen molar-refractivity contribution in [3.63, 3.8) is 0 Å². The molecule has 25 valence electrons. The van der Waals surface area contributed by atoms with E-state index in [1.165, 1.54) is 0 Å². The molecule has 0 N–H and O–H groups in total. The van der Waals surface area contributed by atoms with Gasteiger partial charge in [0.25, 0.3) is 0 Å². The molecule has 4 heavy (non-hydrogen) atoms. The third kappa shape index (κ3) is 11.3. The topological polar surface area (TPSA) is 0 Å². The maximum atomic E-state index is 6.10. The minimum Gasteiger partial charge on any atom is -0.358 e. The molecule has 0 aromatic heterocycles.